The van der Waals surface area contributed by atoms with Crippen LogP contribution in [0.25, 0.3) is 0 Å². The zero-order valence-corrected chi connectivity index (χ0v) is 19.2. The largest absolute Gasteiger partial charge is 0.383 e. The second-order valence-corrected chi connectivity index (χ2v) is 9.94. The number of hydrogen-bond acceptors (Lipinski definition) is 4. The molecule has 1 amide bonds. The first-order valence-corrected chi connectivity index (χ1v) is 12.3. The lowest BCUT2D eigenvalue weighted by atomic mass is 9.90. The number of nitrogens with one attached hydrogen (secondary N) is 1. The summed E-state index contributed by atoms with van der Waals surface area (Å²) in [4.78, 5) is 14.9. The zero-order chi connectivity index (χ0) is 22.3. The number of carbonyl (C=O) groups excluding carboxylic acids is 1. The van der Waals surface area contributed by atoms with Crippen LogP contribution in [0.5, 0.6) is 0 Å². The Hall–Kier alpha value is -2.22. The molecule has 1 fully saturated rings. The Labute approximate surface area is 185 Å². The number of hydrogen-bond donors (Lipinski definition) is 1. The maximum absolute atomic E-state index is 12.8. The van der Waals surface area contributed by atoms with E-state index in [1.807, 2.05) is 4.90 Å². The van der Waals surface area contributed by atoms with E-state index in [1.165, 1.54) is 30.4 Å². The Morgan fingerprint density at radius 1 is 1.06 bits per heavy atom. The molecule has 7 heteroatoms. The van der Waals surface area contributed by atoms with Crippen molar-refractivity contribution in [1.82, 2.24) is 9.62 Å². The van der Waals surface area contributed by atoms with Gasteiger partial charge in [0.1, 0.15) is 0 Å². The minimum absolute atomic E-state index is 0.0340. The Kier molecular flexibility index (Phi) is 8.23. The van der Waals surface area contributed by atoms with Crippen molar-refractivity contribution in [3.8, 4) is 0 Å². The third-order valence-corrected chi connectivity index (χ3v) is 7.35. The number of piperidine rings is 1. The second-order valence-electron chi connectivity index (χ2n) is 8.17. The van der Waals surface area contributed by atoms with Crippen LogP contribution in [0.1, 0.15) is 40.7 Å². The molecular formula is C24H32N2O4S. The molecule has 0 unspecified atom stereocenters. The summed E-state index contributed by atoms with van der Waals surface area (Å²) in [7, 11) is -2.08. The number of amides is 1. The molecule has 1 N–H and O–H groups in total. The van der Waals surface area contributed by atoms with Gasteiger partial charge in [-0.25, -0.2) is 13.1 Å². The first-order chi connectivity index (χ1) is 14.9. The summed E-state index contributed by atoms with van der Waals surface area (Å²) in [6.07, 6.45) is 4.24. The number of benzene rings is 2. The van der Waals surface area contributed by atoms with Crippen LogP contribution in [-0.2, 0) is 21.2 Å². The van der Waals surface area contributed by atoms with Crippen molar-refractivity contribution in [3.63, 3.8) is 0 Å². The quantitative estimate of drug-likeness (QED) is 0.602. The van der Waals surface area contributed by atoms with Crippen LogP contribution in [0.2, 0.25) is 0 Å². The minimum atomic E-state index is -3.59. The van der Waals surface area contributed by atoms with Crippen LogP contribution in [0.3, 0.4) is 0 Å². The lowest BCUT2D eigenvalue weighted by Gasteiger charge is -2.32. The molecule has 0 aliphatic carbocycles. The van der Waals surface area contributed by atoms with Crippen molar-refractivity contribution in [3.05, 3.63) is 65.2 Å². The molecule has 0 saturated carbocycles. The van der Waals surface area contributed by atoms with E-state index < -0.39 is 10.0 Å². The van der Waals surface area contributed by atoms with Gasteiger partial charge in [0.2, 0.25) is 10.0 Å². The molecule has 0 bridgehead atoms. The lowest BCUT2D eigenvalue weighted by molar-refractivity contribution is 0.0687. The van der Waals surface area contributed by atoms with Crippen LogP contribution in [-0.4, -0.2) is 52.6 Å². The fraction of sp³-hybridized carbons (Fsp3) is 0.458. The normalized spacial score (nSPS) is 15.2. The van der Waals surface area contributed by atoms with Crippen LogP contribution >= 0.6 is 0 Å². The van der Waals surface area contributed by atoms with Crippen molar-refractivity contribution < 1.29 is 17.9 Å². The Morgan fingerprint density at radius 2 is 1.71 bits per heavy atom. The van der Waals surface area contributed by atoms with E-state index in [2.05, 4.69) is 35.9 Å². The number of rotatable bonds is 9. The van der Waals surface area contributed by atoms with Gasteiger partial charge in [-0.05, 0) is 68.4 Å². The molecule has 0 spiro atoms. The third kappa shape index (κ3) is 6.63. The molecular weight excluding hydrogens is 412 g/mol. The fourth-order valence-electron chi connectivity index (χ4n) is 3.87. The molecule has 31 heavy (non-hydrogen) atoms. The van der Waals surface area contributed by atoms with Gasteiger partial charge in [0.15, 0.2) is 0 Å². The van der Waals surface area contributed by atoms with Gasteiger partial charge in [-0.15, -0.1) is 0 Å². The molecule has 0 radical (unpaired) electrons. The fourth-order valence-corrected chi connectivity index (χ4v) is 4.88. The van der Waals surface area contributed by atoms with Gasteiger partial charge >= 0.3 is 0 Å². The third-order valence-electron chi connectivity index (χ3n) is 5.87. The maximum Gasteiger partial charge on any atom is 0.253 e. The van der Waals surface area contributed by atoms with E-state index in [1.54, 1.807) is 12.1 Å². The number of likely N-dealkylation sites (tertiary alicyclic amines) is 1. The van der Waals surface area contributed by atoms with Crippen molar-refractivity contribution in [2.45, 2.75) is 37.5 Å². The average molecular weight is 445 g/mol. The van der Waals surface area contributed by atoms with E-state index in [0.717, 1.165) is 38.8 Å². The van der Waals surface area contributed by atoms with Crippen LogP contribution in [0.15, 0.2) is 53.4 Å². The predicted molar refractivity (Wildman–Crippen MR) is 122 cm³/mol. The van der Waals surface area contributed by atoms with Crippen molar-refractivity contribution in [1.29, 1.82) is 0 Å². The van der Waals surface area contributed by atoms with Crippen molar-refractivity contribution in [2.75, 3.05) is 33.4 Å². The van der Waals surface area contributed by atoms with E-state index in [0.29, 0.717) is 18.1 Å². The summed E-state index contributed by atoms with van der Waals surface area (Å²) in [6.45, 7) is 4.10. The summed E-state index contributed by atoms with van der Waals surface area (Å²) in [5, 5.41) is 0. The number of methoxy groups -OCH3 is 1. The first kappa shape index (κ1) is 23.4. The molecule has 6 nitrogen and oxygen atoms in total. The number of aryl methyl sites for hydroxylation is 2. The average Bonchev–Trinajstić information content (AvgIpc) is 2.79. The molecule has 1 saturated heterocycles. The Balaban J connectivity index is 1.49. The van der Waals surface area contributed by atoms with Crippen LogP contribution < -0.4 is 4.72 Å². The van der Waals surface area contributed by atoms with Crippen LogP contribution in [0.4, 0.5) is 0 Å². The van der Waals surface area contributed by atoms with Gasteiger partial charge in [-0.2, -0.15) is 0 Å². The van der Waals surface area contributed by atoms with E-state index >= 15 is 0 Å². The number of ether oxygens (including phenoxy) is 1. The number of carbonyl (C=O) groups is 1. The number of nitrogens with zero attached hydrogens (tertiary/aromatic N) is 1. The molecule has 2 aromatic rings. The van der Waals surface area contributed by atoms with Gasteiger partial charge in [0, 0.05) is 32.3 Å². The lowest BCUT2D eigenvalue weighted by Crippen LogP contribution is -2.38. The van der Waals surface area contributed by atoms with Gasteiger partial charge < -0.3 is 9.64 Å². The molecule has 0 aromatic heterocycles. The molecule has 0 atom stereocenters. The second kappa shape index (κ2) is 10.9. The summed E-state index contributed by atoms with van der Waals surface area (Å²) >= 11 is 0. The highest BCUT2D eigenvalue weighted by Gasteiger charge is 2.24. The summed E-state index contributed by atoms with van der Waals surface area (Å²) in [5.41, 5.74) is 3.17. The van der Waals surface area contributed by atoms with Gasteiger partial charge in [-0.1, -0.05) is 29.8 Å². The van der Waals surface area contributed by atoms with Gasteiger partial charge in [-0.3, -0.25) is 4.79 Å². The molecule has 1 heterocycles. The summed E-state index contributed by atoms with van der Waals surface area (Å²) in [6, 6.07) is 14.9. The standard InChI is InChI=1S/C24H32N2O4S/c1-19-3-5-20(6-4-19)7-8-21-13-16-26(17-14-21)24(27)22-9-11-23(12-10-22)31(28,29)25-15-18-30-2/h3-6,9-12,21,25H,7-8,13-18H2,1-2H3. The van der Waals surface area contributed by atoms with E-state index in [4.69, 9.17) is 4.74 Å². The topological polar surface area (TPSA) is 75.7 Å². The molecule has 168 valence electrons. The highest BCUT2D eigenvalue weighted by molar-refractivity contribution is 7.89. The first-order valence-electron chi connectivity index (χ1n) is 10.8. The summed E-state index contributed by atoms with van der Waals surface area (Å²) in [5.74, 6) is 0.601. The summed E-state index contributed by atoms with van der Waals surface area (Å²) < 4.78 is 31.8. The van der Waals surface area contributed by atoms with Gasteiger partial charge in [0.25, 0.3) is 5.91 Å². The molecule has 1 aliphatic rings. The maximum atomic E-state index is 12.8. The highest BCUT2D eigenvalue weighted by Crippen LogP contribution is 2.24. The van der Waals surface area contributed by atoms with E-state index in [-0.39, 0.29) is 17.3 Å². The Morgan fingerprint density at radius 3 is 2.32 bits per heavy atom. The molecule has 2 aromatic carbocycles. The zero-order valence-electron chi connectivity index (χ0n) is 18.3. The van der Waals surface area contributed by atoms with Crippen LogP contribution in [0, 0.1) is 12.8 Å². The van der Waals surface area contributed by atoms with E-state index in [9.17, 15) is 13.2 Å². The van der Waals surface area contributed by atoms with Crippen molar-refractivity contribution in [2.24, 2.45) is 5.92 Å². The monoisotopic (exact) mass is 444 g/mol. The predicted octanol–water partition coefficient (Wildman–Crippen LogP) is 3.40. The minimum Gasteiger partial charge on any atom is -0.383 e. The smallest absolute Gasteiger partial charge is 0.253 e. The van der Waals surface area contributed by atoms with Crippen molar-refractivity contribution >= 4 is 15.9 Å². The molecule has 1 aliphatic heterocycles. The highest BCUT2D eigenvalue weighted by atomic mass is 32.2. The molecule has 3 rings (SSSR count). The number of sulfonamides is 1. The Bertz CT molecular complexity index is 948. The van der Waals surface area contributed by atoms with Gasteiger partial charge in [0.05, 0.1) is 11.5 Å². The SMILES string of the molecule is COCCNS(=O)(=O)c1ccc(C(=O)N2CCC(CCc3ccc(C)cc3)CC2)cc1.